The number of rotatable bonds is 7. The van der Waals surface area contributed by atoms with Gasteiger partial charge in [0.2, 0.25) is 0 Å². The Balaban J connectivity index is 2.29. The second-order valence-corrected chi connectivity index (χ2v) is 5.14. The van der Waals surface area contributed by atoms with E-state index in [1.165, 1.54) is 54.1 Å². The average molecular weight is 316 g/mol. The van der Waals surface area contributed by atoms with E-state index in [0.29, 0.717) is 0 Å². The van der Waals surface area contributed by atoms with Crippen LogP contribution in [0.4, 0.5) is 0 Å². The number of hydrogen-bond donors (Lipinski definition) is 0. The molecule has 0 atom stereocenters. The van der Waals surface area contributed by atoms with Gasteiger partial charge in [-0.2, -0.15) is 0 Å². The summed E-state index contributed by atoms with van der Waals surface area (Å²) in [4.78, 5) is 0. The molecule has 0 aromatic heterocycles. The molecule has 0 saturated carbocycles. The van der Waals surface area contributed by atoms with E-state index < -0.39 is 0 Å². The molecule has 0 aliphatic heterocycles. The van der Waals surface area contributed by atoms with Crippen molar-refractivity contribution in [1.82, 2.24) is 0 Å². The van der Waals surface area contributed by atoms with Gasteiger partial charge < -0.3 is 0 Å². The Bertz CT molecular complexity index is 251. The Morgan fingerprint density at radius 2 is 1.47 bits per heavy atom. The molecule has 0 aliphatic carbocycles. The van der Waals surface area contributed by atoms with Gasteiger partial charge in [-0.15, -0.1) is 0 Å². The van der Waals surface area contributed by atoms with Gasteiger partial charge in [-0.1, -0.05) is 73.0 Å². The Morgan fingerprint density at radius 1 is 0.867 bits per heavy atom. The second kappa shape index (κ2) is 8.14. The zero-order chi connectivity index (χ0) is 10.9. The van der Waals surface area contributed by atoms with Crippen LogP contribution in [0.1, 0.15) is 43.7 Å². The lowest BCUT2D eigenvalue weighted by atomic mass is 10.0. The highest BCUT2D eigenvalue weighted by molar-refractivity contribution is 14.1. The lowest BCUT2D eigenvalue weighted by molar-refractivity contribution is 0.667. The molecule has 0 spiro atoms. The standard InChI is InChI=1S/C14H21I/c1-2-3-4-5-6-13-7-9-14(10-8-13)11-12-15/h7-10H,2-6,11-12H2,1H3. The van der Waals surface area contributed by atoms with Gasteiger partial charge in [0.15, 0.2) is 0 Å². The van der Waals surface area contributed by atoms with Crippen LogP contribution in [-0.4, -0.2) is 4.43 Å². The van der Waals surface area contributed by atoms with E-state index in [9.17, 15) is 0 Å². The number of alkyl halides is 1. The van der Waals surface area contributed by atoms with Crippen molar-refractivity contribution in [1.29, 1.82) is 0 Å². The molecule has 0 bridgehead atoms. The maximum absolute atomic E-state index is 2.43. The fourth-order valence-electron chi connectivity index (χ4n) is 1.74. The lowest BCUT2D eigenvalue weighted by Crippen LogP contribution is -1.89. The first-order chi connectivity index (χ1) is 7.36. The van der Waals surface area contributed by atoms with Crippen molar-refractivity contribution in [3.05, 3.63) is 35.4 Å². The van der Waals surface area contributed by atoms with Gasteiger partial charge in [-0.05, 0) is 30.4 Å². The molecule has 1 rings (SSSR count). The predicted octanol–water partition coefficient (Wildman–Crippen LogP) is 4.79. The highest BCUT2D eigenvalue weighted by Crippen LogP contribution is 2.10. The molecule has 0 fully saturated rings. The molecule has 84 valence electrons. The highest BCUT2D eigenvalue weighted by atomic mass is 127. The van der Waals surface area contributed by atoms with Crippen LogP contribution in [0.3, 0.4) is 0 Å². The smallest absolute Gasteiger partial charge is 0.00358 e. The lowest BCUT2D eigenvalue weighted by Gasteiger charge is -2.03. The van der Waals surface area contributed by atoms with Crippen molar-refractivity contribution in [2.45, 2.75) is 45.4 Å². The van der Waals surface area contributed by atoms with Crippen LogP contribution in [0.25, 0.3) is 0 Å². The van der Waals surface area contributed by atoms with E-state index in [4.69, 9.17) is 0 Å². The van der Waals surface area contributed by atoms with E-state index in [1.54, 1.807) is 0 Å². The molecule has 15 heavy (non-hydrogen) atoms. The van der Waals surface area contributed by atoms with Gasteiger partial charge in [0.1, 0.15) is 0 Å². The molecule has 1 heteroatoms. The Kier molecular flexibility index (Phi) is 7.07. The minimum Gasteiger partial charge on any atom is -0.0860 e. The van der Waals surface area contributed by atoms with Gasteiger partial charge in [-0.25, -0.2) is 0 Å². The van der Waals surface area contributed by atoms with Gasteiger partial charge in [0, 0.05) is 4.43 Å². The molecule has 0 radical (unpaired) electrons. The SMILES string of the molecule is CCCCCCc1ccc(CCI)cc1. The first-order valence-electron chi connectivity index (χ1n) is 6.00. The summed E-state index contributed by atoms with van der Waals surface area (Å²) in [6.45, 7) is 2.26. The van der Waals surface area contributed by atoms with Gasteiger partial charge in [-0.3, -0.25) is 0 Å². The fourth-order valence-corrected chi connectivity index (χ4v) is 2.36. The van der Waals surface area contributed by atoms with Crippen LogP contribution in [0, 0.1) is 0 Å². The number of hydrogen-bond acceptors (Lipinski definition) is 0. The molecule has 0 nitrogen and oxygen atoms in total. The third-order valence-electron chi connectivity index (χ3n) is 2.73. The number of halogens is 1. The largest absolute Gasteiger partial charge is 0.0860 e. The maximum Gasteiger partial charge on any atom is 0.00358 e. The zero-order valence-electron chi connectivity index (χ0n) is 9.64. The van der Waals surface area contributed by atoms with Crippen molar-refractivity contribution in [2.75, 3.05) is 4.43 Å². The van der Waals surface area contributed by atoms with E-state index in [-0.39, 0.29) is 0 Å². The van der Waals surface area contributed by atoms with Crippen LogP contribution in [0.15, 0.2) is 24.3 Å². The van der Waals surface area contributed by atoms with Crippen LogP contribution < -0.4 is 0 Å². The van der Waals surface area contributed by atoms with Gasteiger partial charge in [0.05, 0.1) is 0 Å². The molecule has 0 N–H and O–H groups in total. The Morgan fingerprint density at radius 3 is 2.00 bits per heavy atom. The summed E-state index contributed by atoms with van der Waals surface area (Å²) in [6.07, 6.45) is 7.90. The quantitative estimate of drug-likeness (QED) is 0.385. The number of unbranched alkanes of at least 4 members (excludes halogenated alkanes) is 3. The maximum atomic E-state index is 2.43. The summed E-state index contributed by atoms with van der Waals surface area (Å²) in [5.74, 6) is 0. The van der Waals surface area contributed by atoms with Crippen molar-refractivity contribution >= 4 is 22.6 Å². The Labute approximate surface area is 108 Å². The second-order valence-electron chi connectivity index (χ2n) is 4.07. The highest BCUT2D eigenvalue weighted by Gasteiger charge is 1.95. The van der Waals surface area contributed by atoms with Crippen LogP contribution in [0.5, 0.6) is 0 Å². The summed E-state index contributed by atoms with van der Waals surface area (Å²) in [5.41, 5.74) is 2.98. The fraction of sp³-hybridized carbons (Fsp3) is 0.571. The molecule has 0 unspecified atom stereocenters. The van der Waals surface area contributed by atoms with Crippen LogP contribution >= 0.6 is 22.6 Å². The number of benzene rings is 1. The predicted molar refractivity (Wildman–Crippen MR) is 76.9 cm³/mol. The first-order valence-corrected chi connectivity index (χ1v) is 7.53. The van der Waals surface area contributed by atoms with Crippen LogP contribution in [0.2, 0.25) is 0 Å². The van der Waals surface area contributed by atoms with Crippen molar-refractivity contribution in [2.24, 2.45) is 0 Å². The van der Waals surface area contributed by atoms with E-state index >= 15 is 0 Å². The van der Waals surface area contributed by atoms with Gasteiger partial charge in [0.25, 0.3) is 0 Å². The summed E-state index contributed by atoms with van der Waals surface area (Å²) >= 11 is 2.43. The van der Waals surface area contributed by atoms with Crippen LogP contribution in [-0.2, 0) is 12.8 Å². The van der Waals surface area contributed by atoms with E-state index in [0.717, 1.165) is 0 Å². The minimum absolute atomic E-state index is 1.21. The summed E-state index contributed by atoms with van der Waals surface area (Å²) in [5, 5.41) is 0. The van der Waals surface area contributed by atoms with Gasteiger partial charge >= 0.3 is 0 Å². The topological polar surface area (TPSA) is 0 Å². The van der Waals surface area contributed by atoms with E-state index in [2.05, 4.69) is 53.8 Å². The molecule has 0 saturated heterocycles. The molecule has 0 amide bonds. The average Bonchev–Trinajstić information content (AvgIpc) is 2.27. The monoisotopic (exact) mass is 316 g/mol. The third kappa shape index (κ3) is 5.55. The normalized spacial score (nSPS) is 10.5. The molecule has 1 aromatic carbocycles. The molecular formula is C14H21I. The zero-order valence-corrected chi connectivity index (χ0v) is 11.8. The molecular weight excluding hydrogens is 295 g/mol. The first kappa shape index (κ1) is 13.0. The molecule has 0 heterocycles. The Hall–Kier alpha value is -0.0500. The van der Waals surface area contributed by atoms with Crippen molar-refractivity contribution < 1.29 is 0 Å². The van der Waals surface area contributed by atoms with E-state index in [1.807, 2.05) is 0 Å². The summed E-state index contributed by atoms with van der Waals surface area (Å²) < 4.78 is 1.22. The summed E-state index contributed by atoms with van der Waals surface area (Å²) in [7, 11) is 0. The minimum atomic E-state index is 1.21. The molecule has 1 aromatic rings. The third-order valence-corrected chi connectivity index (χ3v) is 3.26. The number of aryl methyl sites for hydroxylation is 2. The van der Waals surface area contributed by atoms with Crippen molar-refractivity contribution in [3.63, 3.8) is 0 Å². The van der Waals surface area contributed by atoms with Crippen molar-refractivity contribution in [3.8, 4) is 0 Å². The molecule has 0 aliphatic rings. The summed E-state index contributed by atoms with van der Waals surface area (Å²) in [6, 6.07) is 9.17.